The van der Waals surface area contributed by atoms with Crippen molar-refractivity contribution in [2.45, 2.75) is 48.3 Å². The summed E-state index contributed by atoms with van der Waals surface area (Å²) in [5, 5.41) is 21.0. The molecule has 0 aromatic heterocycles. The highest BCUT2D eigenvalue weighted by Gasteiger charge is 2.33. The number of hydrogen-bond acceptors (Lipinski definition) is 5. The molecule has 7 nitrogen and oxygen atoms in total. The van der Waals surface area contributed by atoms with E-state index in [0.717, 1.165) is 0 Å². The Labute approximate surface area is 210 Å². The van der Waals surface area contributed by atoms with Crippen molar-refractivity contribution in [3.8, 4) is 0 Å². The van der Waals surface area contributed by atoms with Gasteiger partial charge in [0.2, 0.25) is 5.91 Å². The van der Waals surface area contributed by atoms with Gasteiger partial charge in [-0.1, -0.05) is 53.5 Å². The van der Waals surface area contributed by atoms with Gasteiger partial charge in [-0.3, -0.25) is 14.4 Å². The van der Waals surface area contributed by atoms with E-state index < -0.39 is 23.9 Å². The summed E-state index contributed by atoms with van der Waals surface area (Å²) in [7, 11) is 0. The van der Waals surface area contributed by atoms with Crippen molar-refractivity contribution in [3.63, 3.8) is 0 Å². The number of hydrogen-bond donors (Lipinski definition) is 3. The fourth-order valence-electron chi connectivity index (χ4n) is 3.82. The smallest absolute Gasteiger partial charge is 0.326 e. The Bertz CT molecular complexity index is 1090. The fourth-order valence-corrected chi connectivity index (χ4v) is 5.72. The third kappa shape index (κ3) is 6.52. The van der Waals surface area contributed by atoms with Crippen molar-refractivity contribution >= 4 is 58.6 Å². The highest BCUT2D eigenvalue weighted by Crippen LogP contribution is 2.43. The number of halogens is 2. The van der Waals surface area contributed by atoms with E-state index >= 15 is 0 Å². The number of ketones is 1. The lowest BCUT2D eigenvalue weighted by molar-refractivity contribution is -0.143. The SMILES string of the molecule is O=C(O)CCC(NC(=O)[C@H]1CC[C@H](Sc2ccc(C(=O)c3ccccc3)c(Cl)c2Cl)C1)C(=O)O. The zero-order valence-corrected chi connectivity index (χ0v) is 20.3. The van der Waals surface area contributed by atoms with Crippen LogP contribution in [-0.2, 0) is 14.4 Å². The first-order chi connectivity index (χ1) is 16.2. The molecule has 1 saturated carbocycles. The van der Waals surface area contributed by atoms with Gasteiger partial charge in [0.25, 0.3) is 0 Å². The summed E-state index contributed by atoms with van der Waals surface area (Å²) in [6, 6.07) is 10.9. The van der Waals surface area contributed by atoms with E-state index in [2.05, 4.69) is 5.32 Å². The molecule has 2 aromatic carbocycles. The van der Waals surface area contributed by atoms with Crippen LogP contribution in [0.1, 0.15) is 48.0 Å². The van der Waals surface area contributed by atoms with Gasteiger partial charge in [-0.05, 0) is 37.8 Å². The van der Waals surface area contributed by atoms with Crippen LogP contribution in [-0.4, -0.2) is 45.1 Å². The second kappa shape index (κ2) is 11.7. The molecule has 0 spiro atoms. The van der Waals surface area contributed by atoms with Crippen LogP contribution < -0.4 is 5.32 Å². The summed E-state index contributed by atoms with van der Waals surface area (Å²) in [5.41, 5.74) is 0.820. The standard InChI is InChI=1S/C24H23Cl2NO6S/c25-20-16(22(30)13-4-2-1-3-5-13)8-10-18(21(20)26)34-15-7-6-14(12-15)23(31)27-17(24(32)33)9-11-19(28)29/h1-5,8,10,14-15,17H,6-7,9,11-12H2,(H,27,31)(H,28,29)(H,32,33)/t14-,15-,17?/m0/s1. The van der Waals surface area contributed by atoms with Crippen LogP contribution in [0.3, 0.4) is 0 Å². The quantitative estimate of drug-likeness (QED) is 0.378. The molecule has 180 valence electrons. The number of carboxylic acid groups (broad SMARTS) is 2. The fraction of sp³-hybridized carbons (Fsp3) is 0.333. The lowest BCUT2D eigenvalue weighted by atomic mass is 10.0. The van der Waals surface area contributed by atoms with Gasteiger partial charge in [0.05, 0.1) is 10.0 Å². The molecule has 3 rings (SSSR count). The van der Waals surface area contributed by atoms with Crippen LogP contribution >= 0.6 is 35.0 Å². The summed E-state index contributed by atoms with van der Waals surface area (Å²) in [4.78, 5) is 48.1. The van der Waals surface area contributed by atoms with Crippen molar-refractivity contribution in [2.24, 2.45) is 5.92 Å². The molecule has 0 bridgehead atoms. The average molecular weight is 524 g/mol. The second-order valence-corrected chi connectivity index (χ2v) is 10.1. The molecule has 34 heavy (non-hydrogen) atoms. The van der Waals surface area contributed by atoms with Gasteiger partial charge in [-0.2, -0.15) is 0 Å². The molecule has 0 heterocycles. The number of carbonyl (C=O) groups is 4. The number of thioether (sulfide) groups is 1. The molecule has 1 unspecified atom stereocenters. The predicted octanol–water partition coefficient (Wildman–Crippen LogP) is 4.92. The first-order valence-electron chi connectivity index (χ1n) is 10.7. The Morgan fingerprint density at radius 2 is 1.71 bits per heavy atom. The van der Waals surface area contributed by atoms with Gasteiger partial charge in [0.1, 0.15) is 6.04 Å². The molecule has 1 fully saturated rings. The van der Waals surface area contributed by atoms with E-state index in [4.69, 9.17) is 28.3 Å². The first-order valence-corrected chi connectivity index (χ1v) is 12.3. The number of rotatable bonds is 10. The normalized spacial score (nSPS) is 18.3. The Morgan fingerprint density at radius 3 is 2.35 bits per heavy atom. The number of carbonyl (C=O) groups excluding carboxylic acids is 2. The van der Waals surface area contributed by atoms with Crippen molar-refractivity contribution in [3.05, 3.63) is 63.6 Å². The maximum atomic E-state index is 12.7. The summed E-state index contributed by atoms with van der Waals surface area (Å²) < 4.78 is 0. The molecule has 1 amide bonds. The molecule has 3 atom stereocenters. The summed E-state index contributed by atoms with van der Waals surface area (Å²) in [5.74, 6) is -3.38. The summed E-state index contributed by atoms with van der Waals surface area (Å²) in [6.45, 7) is 0. The van der Waals surface area contributed by atoms with Crippen LogP contribution in [0, 0.1) is 5.92 Å². The Morgan fingerprint density at radius 1 is 1.00 bits per heavy atom. The maximum Gasteiger partial charge on any atom is 0.326 e. The number of nitrogens with one attached hydrogen (secondary N) is 1. The zero-order chi connectivity index (χ0) is 24.8. The van der Waals surface area contributed by atoms with E-state index in [0.29, 0.717) is 35.3 Å². The van der Waals surface area contributed by atoms with Gasteiger partial charge < -0.3 is 15.5 Å². The largest absolute Gasteiger partial charge is 0.481 e. The Hall–Kier alpha value is -2.55. The second-order valence-electron chi connectivity index (χ2n) is 8.02. The van der Waals surface area contributed by atoms with Gasteiger partial charge >= 0.3 is 11.9 Å². The van der Waals surface area contributed by atoms with E-state index in [1.54, 1.807) is 36.4 Å². The molecule has 3 N–H and O–H groups in total. The topological polar surface area (TPSA) is 121 Å². The van der Waals surface area contributed by atoms with Gasteiger partial charge in [0, 0.05) is 33.6 Å². The van der Waals surface area contributed by atoms with Crippen molar-refractivity contribution < 1.29 is 29.4 Å². The highest BCUT2D eigenvalue weighted by molar-refractivity contribution is 8.00. The third-order valence-electron chi connectivity index (χ3n) is 5.64. The van der Waals surface area contributed by atoms with E-state index in [1.807, 2.05) is 6.07 Å². The molecule has 0 aliphatic heterocycles. The monoisotopic (exact) mass is 523 g/mol. The van der Waals surface area contributed by atoms with E-state index in [-0.39, 0.29) is 39.8 Å². The van der Waals surface area contributed by atoms with Crippen LogP contribution in [0.2, 0.25) is 10.0 Å². The van der Waals surface area contributed by atoms with Crippen LogP contribution in [0.25, 0.3) is 0 Å². The van der Waals surface area contributed by atoms with Gasteiger partial charge in [0.15, 0.2) is 5.78 Å². The minimum absolute atomic E-state index is 0.0577. The number of carboxylic acids is 2. The summed E-state index contributed by atoms with van der Waals surface area (Å²) in [6.07, 6.45) is 1.28. The average Bonchev–Trinajstić information content (AvgIpc) is 3.28. The molecule has 1 aliphatic carbocycles. The van der Waals surface area contributed by atoms with Gasteiger partial charge in [-0.25, -0.2) is 4.79 Å². The Kier molecular flexibility index (Phi) is 8.99. The number of amides is 1. The van der Waals surface area contributed by atoms with E-state index in [1.165, 1.54) is 11.8 Å². The molecular weight excluding hydrogens is 501 g/mol. The first kappa shape index (κ1) is 26.1. The third-order valence-corrected chi connectivity index (χ3v) is 7.99. The number of benzene rings is 2. The minimum atomic E-state index is -1.26. The molecule has 0 radical (unpaired) electrons. The lowest BCUT2D eigenvalue weighted by Gasteiger charge is -2.17. The van der Waals surface area contributed by atoms with Crippen LogP contribution in [0.15, 0.2) is 47.4 Å². The molecule has 10 heteroatoms. The van der Waals surface area contributed by atoms with Crippen LogP contribution in [0.5, 0.6) is 0 Å². The van der Waals surface area contributed by atoms with Crippen molar-refractivity contribution in [2.75, 3.05) is 0 Å². The van der Waals surface area contributed by atoms with Gasteiger partial charge in [-0.15, -0.1) is 11.8 Å². The maximum absolute atomic E-state index is 12.7. The van der Waals surface area contributed by atoms with Crippen LogP contribution in [0.4, 0.5) is 0 Å². The van der Waals surface area contributed by atoms with Crippen molar-refractivity contribution in [1.29, 1.82) is 0 Å². The lowest BCUT2D eigenvalue weighted by Crippen LogP contribution is -2.43. The molecular formula is C24H23Cl2NO6S. The molecule has 2 aromatic rings. The van der Waals surface area contributed by atoms with Crippen molar-refractivity contribution in [1.82, 2.24) is 5.32 Å². The van der Waals surface area contributed by atoms with E-state index in [9.17, 15) is 24.3 Å². The molecule has 1 aliphatic rings. The minimum Gasteiger partial charge on any atom is -0.481 e. The highest BCUT2D eigenvalue weighted by atomic mass is 35.5. The Balaban J connectivity index is 1.62. The number of aliphatic carboxylic acids is 2. The zero-order valence-electron chi connectivity index (χ0n) is 18.0. The summed E-state index contributed by atoms with van der Waals surface area (Å²) >= 11 is 14.4. The predicted molar refractivity (Wildman–Crippen MR) is 130 cm³/mol. The molecule has 0 saturated heterocycles.